The summed E-state index contributed by atoms with van der Waals surface area (Å²) in [7, 11) is 1.52. The third kappa shape index (κ3) is 3.44. The average Bonchev–Trinajstić information content (AvgIpc) is 2.50. The summed E-state index contributed by atoms with van der Waals surface area (Å²) in [6.07, 6.45) is 3.11. The van der Waals surface area contributed by atoms with Gasteiger partial charge >= 0.3 is 0 Å². The van der Waals surface area contributed by atoms with Crippen LogP contribution < -0.4 is 16.0 Å². The second-order valence-electron chi connectivity index (χ2n) is 3.91. The van der Waals surface area contributed by atoms with Crippen molar-refractivity contribution in [3.8, 4) is 5.88 Å². The second-order valence-corrected chi connectivity index (χ2v) is 4.97. The minimum Gasteiger partial charge on any atom is -0.480 e. The molecule has 0 amide bonds. The lowest BCUT2D eigenvalue weighted by Gasteiger charge is -2.16. The van der Waals surface area contributed by atoms with Crippen molar-refractivity contribution in [2.75, 3.05) is 12.9 Å². The van der Waals surface area contributed by atoms with Gasteiger partial charge in [-0.1, -0.05) is 12.1 Å². The summed E-state index contributed by atoms with van der Waals surface area (Å²) >= 11 is 1.35. The normalized spacial score (nSPS) is 12.2. The van der Waals surface area contributed by atoms with E-state index < -0.39 is 0 Å². The van der Waals surface area contributed by atoms with Crippen LogP contribution in [0, 0.1) is 5.82 Å². The van der Waals surface area contributed by atoms with Crippen LogP contribution in [0.2, 0.25) is 0 Å². The Balaban J connectivity index is 2.11. The number of thioether (sulfide) groups is 1. The Kier molecular flexibility index (Phi) is 5.28. The molecule has 106 valence electrons. The average molecular weight is 294 g/mol. The Hall–Kier alpha value is -1.70. The van der Waals surface area contributed by atoms with E-state index in [1.807, 2.05) is 0 Å². The Morgan fingerprint density at radius 2 is 2.10 bits per heavy atom. The van der Waals surface area contributed by atoms with E-state index in [0.29, 0.717) is 22.2 Å². The van der Waals surface area contributed by atoms with E-state index in [-0.39, 0.29) is 11.9 Å². The largest absolute Gasteiger partial charge is 0.480 e. The Morgan fingerprint density at radius 3 is 2.80 bits per heavy atom. The zero-order valence-corrected chi connectivity index (χ0v) is 11.7. The van der Waals surface area contributed by atoms with E-state index in [1.165, 1.54) is 24.9 Å². The van der Waals surface area contributed by atoms with Gasteiger partial charge in [0.05, 0.1) is 13.2 Å². The number of methoxy groups -OCH3 is 1. The van der Waals surface area contributed by atoms with Gasteiger partial charge in [-0.3, -0.25) is 16.3 Å². The monoisotopic (exact) mass is 294 g/mol. The van der Waals surface area contributed by atoms with Crippen molar-refractivity contribution in [2.45, 2.75) is 10.9 Å². The number of rotatable bonds is 6. The smallest absolute Gasteiger partial charge is 0.237 e. The van der Waals surface area contributed by atoms with Gasteiger partial charge in [0.25, 0.3) is 0 Å². The van der Waals surface area contributed by atoms with Crippen molar-refractivity contribution in [3.63, 3.8) is 0 Å². The van der Waals surface area contributed by atoms with Crippen molar-refractivity contribution in [1.29, 1.82) is 0 Å². The highest BCUT2D eigenvalue weighted by molar-refractivity contribution is 7.99. The SMILES string of the molecule is COc1nccnc1C(CSc1ccccc1F)NN. The maximum Gasteiger partial charge on any atom is 0.237 e. The van der Waals surface area contributed by atoms with E-state index in [4.69, 9.17) is 10.6 Å². The van der Waals surface area contributed by atoms with Crippen LogP contribution in [0.5, 0.6) is 5.88 Å². The quantitative estimate of drug-likeness (QED) is 0.482. The number of halogens is 1. The van der Waals surface area contributed by atoms with E-state index in [1.54, 1.807) is 30.6 Å². The van der Waals surface area contributed by atoms with Gasteiger partial charge in [0, 0.05) is 23.0 Å². The highest BCUT2D eigenvalue weighted by Gasteiger charge is 2.18. The number of nitrogens with one attached hydrogen (secondary N) is 1. The predicted octanol–water partition coefficient (Wildman–Crippen LogP) is 1.92. The highest BCUT2D eigenvalue weighted by Crippen LogP contribution is 2.28. The number of benzene rings is 1. The molecule has 0 aliphatic heterocycles. The second kappa shape index (κ2) is 7.18. The fourth-order valence-corrected chi connectivity index (χ4v) is 2.65. The molecule has 0 aliphatic rings. The molecular weight excluding hydrogens is 279 g/mol. The number of hydrogen-bond donors (Lipinski definition) is 2. The molecule has 2 rings (SSSR count). The van der Waals surface area contributed by atoms with Crippen molar-refractivity contribution in [2.24, 2.45) is 5.84 Å². The maximum absolute atomic E-state index is 13.6. The van der Waals surface area contributed by atoms with Crippen LogP contribution in [0.3, 0.4) is 0 Å². The summed E-state index contributed by atoms with van der Waals surface area (Å²) in [6.45, 7) is 0. The first-order valence-corrected chi connectivity index (χ1v) is 6.93. The first-order chi connectivity index (χ1) is 9.76. The fraction of sp³-hybridized carbons (Fsp3) is 0.231. The van der Waals surface area contributed by atoms with Gasteiger partial charge in [0.1, 0.15) is 11.5 Å². The topological polar surface area (TPSA) is 73.1 Å². The third-order valence-corrected chi connectivity index (χ3v) is 3.80. The lowest BCUT2D eigenvalue weighted by molar-refractivity contribution is 0.381. The van der Waals surface area contributed by atoms with Crippen LogP contribution >= 0.6 is 11.8 Å². The summed E-state index contributed by atoms with van der Waals surface area (Å²) in [5.74, 6) is 6.21. The minimum atomic E-state index is -0.289. The summed E-state index contributed by atoms with van der Waals surface area (Å²) in [4.78, 5) is 8.86. The zero-order chi connectivity index (χ0) is 14.4. The van der Waals surface area contributed by atoms with Crippen molar-refractivity contribution in [1.82, 2.24) is 15.4 Å². The molecule has 20 heavy (non-hydrogen) atoms. The molecule has 0 spiro atoms. The van der Waals surface area contributed by atoms with Crippen LogP contribution in [-0.4, -0.2) is 22.8 Å². The first-order valence-electron chi connectivity index (χ1n) is 5.94. The first kappa shape index (κ1) is 14.7. The Morgan fingerprint density at radius 1 is 1.35 bits per heavy atom. The lowest BCUT2D eigenvalue weighted by Crippen LogP contribution is -2.30. The van der Waals surface area contributed by atoms with Crippen LogP contribution in [0.1, 0.15) is 11.7 Å². The molecule has 3 N–H and O–H groups in total. The van der Waals surface area contributed by atoms with E-state index in [2.05, 4.69) is 15.4 Å². The standard InChI is InChI=1S/C13H15FN4OS/c1-19-13-12(16-6-7-17-13)10(18-15)8-20-11-5-3-2-4-9(11)14/h2-7,10,18H,8,15H2,1H3. The molecule has 0 radical (unpaired) electrons. The Bertz CT molecular complexity index is 570. The number of hydrazine groups is 1. The number of aromatic nitrogens is 2. The minimum absolute atomic E-state index is 0.251. The number of hydrogen-bond acceptors (Lipinski definition) is 6. The summed E-state index contributed by atoms with van der Waals surface area (Å²) in [5, 5.41) is 0. The van der Waals surface area contributed by atoms with Crippen molar-refractivity contribution < 1.29 is 9.13 Å². The molecule has 0 saturated carbocycles. The van der Waals surface area contributed by atoms with Gasteiger partial charge in [-0.15, -0.1) is 11.8 Å². The molecule has 0 bridgehead atoms. The molecular formula is C13H15FN4OS. The zero-order valence-electron chi connectivity index (χ0n) is 10.9. The lowest BCUT2D eigenvalue weighted by atomic mass is 10.2. The van der Waals surface area contributed by atoms with Gasteiger partial charge < -0.3 is 4.74 Å². The molecule has 1 aromatic carbocycles. The molecule has 0 fully saturated rings. The molecule has 0 saturated heterocycles. The van der Waals surface area contributed by atoms with Gasteiger partial charge in [0.2, 0.25) is 5.88 Å². The van der Waals surface area contributed by atoms with Gasteiger partial charge in [-0.05, 0) is 12.1 Å². The number of nitrogens with zero attached hydrogens (tertiary/aromatic N) is 2. The summed E-state index contributed by atoms with van der Waals surface area (Å²) in [5.41, 5.74) is 3.26. The number of ether oxygens (including phenoxy) is 1. The molecule has 1 aromatic heterocycles. The van der Waals surface area contributed by atoms with Crippen LogP contribution in [-0.2, 0) is 0 Å². The van der Waals surface area contributed by atoms with E-state index in [9.17, 15) is 4.39 Å². The molecule has 1 unspecified atom stereocenters. The third-order valence-electron chi connectivity index (χ3n) is 2.66. The van der Waals surface area contributed by atoms with E-state index >= 15 is 0 Å². The number of nitrogens with two attached hydrogens (primary N) is 1. The van der Waals surface area contributed by atoms with Gasteiger partial charge in [-0.2, -0.15) is 0 Å². The van der Waals surface area contributed by atoms with Gasteiger partial charge in [0.15, 0.2) is 0 Å². The Labute approximate surface area is 120 Å². The van der Waals surface area contributed by atoms with E-state index in [0.717, 1.165) is 0 Å². The van der Waals surface area contributed by atoms with Crippen molar-refractivity contribution in [3.05, 3.63) is 48.2 Å². The van der Waals surface area contributed by atoms with Crippen LogP contribution in [0.15, 0.2) is 41.6 Å². The molecule has 1 atom stereocenters. The summed E-state index contributed by atoms with van der Waals surface area (Å²) < 4.78 is 18.7. The molecule has 2 aromatic rings. The predicted molar refractivity (Wildman–Crippen MR) is 75.8 cm³/mol. The van der Waals surface area contributed by atoms with Gasteiger partial charge in [-0.25, -0.2) is 9.37 Å². The molecule has 1 heterocycles. The molecule has 7 heteroatoms. The summed E-state index contributed by atoms with van der Waals surface area (Å²) in [6, 6.07) is 6.31. The highest BCUT2D eigenvalue weighted by atomic mass is 32.2. The maximum atomic E-state index is 13.6. The molecule has 0 aliphatic carbocycles. The van der Waals surface area contributed by atoms with Crippen LogP contribution in [0.4, 0.5) is 4.39 Å². The van der Waals surface area contributed by atoms with Crippen molar-refractivity contribution >= 4 is 11.8 Å². The molecule has 5 nitrogen and oxygen atoms in total. The fourth-order valence-electron chi connectivity index (χ4n) is 1.67. The van der Waals surface area contributed by atoms with Crippen LogP contribution in [0.25, 0.3) is 0 Å².